The molecule has 1 N–H and O–H groups in total. The van der Waals surface area contributed by atoms with Crippen LogP contribution in [-0.2, 0) is 23.2 Å². The fourth-order valence-corrected chi connectivity index (χ4v) is 5.50. The number of imidazole rings is 1. The van der Waals surface area contributed by atoms with Crippen LogP contribution in [0.5, 0.6) is 0 Å². The maximum Gasteiger partial charge on any atom is 0.223 e. The van der Waals surface area contributed by atoms with Crippen LogP contribution in [0, 0.1) is 0 Å². The van der Waals surface area contributed by atoms with Gasteiger partial charge in [0.05, 0.1) is 11.0 Å². The van der Waals surface area contributed by atoms with Crippen LogP contribution in [-0.4, -0.2) is 40.0 Å². The number of para-hydroxylation sites is 2. The van der Waals surface area contributed by atoms with Crippen LogP contribution in [0.1, 0.15) is 43.7 Å². The topological polar surface area (TPSA) is 50.2 Å². The van der Waals surface area contributed by atoms with Crippen molar-refractivity contribution >= 4 is 22.9 Å². The second-order valence-electron chi connectivity index (χ2n) is 8.89. The van der Waals surface area contributed by atoms with Crippen molar-refractivity contribution in [1.82, 2.24) is 14.5 Å². The van der Waals surface area contributed by atoms with Gasteiger partial charge in [0.2, 0.25) is 11.9 Å². The number of rotatable bonds is 5. The zero-order valence-corrected chi connectivity index (χ0v) is 17.7. The van der Waals surface area contributed by atoms with Gasteiger partial charge in [-0.25, -0.2) is 4.98 Å². The first-order valence-corrected chi connectivity index (χ1v) is 11.2. The van der Waals surface area contributed by atoms with Crippen molar-refractivity contribution < 1.29 is 4.79 Å². The molecule has 1 saturated heterocycles. The molecule has 156 valence electrons. The molecule has 5 rings (SSSR count). The summed E-state index contributed by atoms with van der Waals surface area (Å²) in [6, 6.07) is 17.2. The molecule has 1 amide bonds. The Hall–Kier alpha value is -2.66. The van der Waals surface area contributed by atoms with Crippen molar-refractivity contribution in [3.05, 3.63) is 59.7 Å². The summed E-state index contributed by atoms with van der Waals surface area (Å²) in [5, 5.41) is 2.89. The van der Waals surface area contributed by atoms with Gasteiger partial charge in [-0.1, -0.05) is 36.4 Å². The van der Waals surface area contributed by atoms with E-state index < -0.39 is 0 Å². The molecule has 0 unspecified atom stereocenters. The van der Waals surface area contributed by atoms with E-state index >= 15 is 0 Å². The Balaban J connectivity index is 1.21. The molecule has 0 bridgehead atoms. The molecule has 2 aliphatic rings. The molecular weight excluding hydrogens is 372 g/mol. The molecule has 1 spiro atoms. The Bertz CT molecular complexity index is 1060. The SMILES string of the molecule is CC(=O)Nc1nc2ccccc2n1CCCN1CCC2(CCc3ccccc32)CC1. The Morgan fingerprint density at radius 3 is 2.63 bits per heavy atom. The number of nitrogens with one attached hydrogen (secondary N) is 1. The van der Waals surface area contributed by atoms with Gasteiger partial charge in [0.15, 0.2) is 0 Å². The molecule has 5 heteroatoms. The van der Waals surface area contributed by atoms with E-state index in [1.807, 2.05) is 18.2 Å². The van der Waals surface area contributed by atoms with Gasteiger partial charge in [0.1, 0.15) is 0 Å². The Morgan fingerprint density at radius 2 is 1.80 bits per heavy atom. The predicted octanol–water partition coefficient (Wildman–Crippen LogP) is 4.36. The molecule has 1 fully saturated rings. The van der Waals surface area contributed by atoms with Crippen molar-refractivity contribution in [3.8, 4) is 0 Å². The van der Waals surface area contributed by atoms with Crippen LogP contribution in [0.15, 0.2) is 48.5 Å². The van der Waals surface area contributed by atoms with Crippen LogP contribution >= 0.6 is 0 Å². The minimum absolute atomic E-state index is 0.0790. The molecule has 30 heavy (non-hydrogen) atoms. The van der Waals surface area contributed by atoms with Crippen molar-refractivity contribution in [1.29, 1.82) is 0 Å². The van der Waals surface area contributed by atoms with E-state index in [-0.39, 0.29) is 5.91 Å². The van der Waals surface area contributed by atoms with Gasteiger partial charge in [-0.3, -0.25) is 10.1 Å². The monoisotopic (exact) mass is 402 g/mol. The fraction of sp³-hybridized carbons (Fsp3) is 0.440. The first kappa shape index (κ1) is 19.3. The highest BCUT2D eigenvalue weighted by molar-refractivity contribution is 5.89. The number of carbonyl (C=O) groups excluding carboxylic acids is 1. The highest BCUT2D eigenvalue weighted by Crippen LogP contribution is 2.46. The van der Waals surface area contributed by atoms with Gasteiger partial charge < -0.3 is 9.47 Å². The van der Waals surface area contributed by atoms with Crippen molar-refractivity contribution in [2.75, 3.05) is 25.0 Å². The largest absolute Gasteiger partial charge is 0.310 e. The average molecular weight is 403 g/mol. The van der Waals surface area contributed by atoms with E-state index in [2.05, 4.69) is 50.1 Å². The summed E-state index contributed by atoms with van der Waals surface area (Å²) >= 11 is 0. The van der Waals surface area contributed by atoms with Crippen molar-refractivity contribution in [2.24, 2.45) is 0 Å². The molecule has 0 radical (unpaired) electrons. The van der Waals surface area contributed by atoms with Crippen LogP contribution in [0.2, 0.25) is 0 Å². The van der Waals surface area contributed by atoms with Crippen LogP contribution in [0.4, 0.5) is 5.95 Å². The molecule has 1 aliphatic carbocycles. The van der Waals surface area contributed by atoms with E-state index in [0.717, 1.165) is 30.5 Å². The van der Waals surface area contributed by atoms with Crippen molar-refractivity contribution in [3.63, 3.8) is 0 Å². The molecular formula is C25H30N4O. The van der Waals surface area contributed by atoms with Gasteiger partial charge in [0.25, 0.3) is 0 Å². The number of anilines is 1. The Kier molecular flexibility index (Phi) is 5.07. The zero-order valence-electron chi connectivity index (χ0n) is 17.7. The first-order chi connectivity index (χ1) is 14.6. The first-order valence-electron chi connectivity index (χ1n) is 11.2. The summed E-state index contributed by atoms with van der Waals surface area (Å²) in [5.74, 6) is 0.577. The number of aromatic nitrogens is 2. The molecule has 3 aromatic rings. The maximum absolute atomic E-state index is 11.6. The highest BCUT2D eigenvalue weighted by Gasteiger charge is 2.40. The number of nitrogens with zero attached hydrogens (tertiary/aromatic N) is 3. The average Bonchev–Trinajstić information content (AvgIpc) is 3.28. The number of aryl methyl sites for hydroxylation is 2. The van der Waals surface area contributed by atoms with Crippen LogP contribution in [0.25, 0.3) is 11.0 Å². The lowest BCUT2D eigenvalue weighted by Gasteiger charge is -2.40. The molecule has 2 aromatic carbocycles. The minimum atomic E-state index is -0.0790. The number of amides is 1. The smallest absolute Gasteiger partial charge is 0.223 e. The number of hydrogen-bond donors (Lipinski definition) is 1. The summed E-state index contributed by atoms with van der Waals surface area (Å²) in [5.41, 5.74) is 5.63. The summed E-state index contributed by atoms with van der Waals surface area (Å²) in [7, 11) is 0. The molecule has 1 aromatic heterocycles. The second kappa shape index (κ2) is 7.88. The van der Waals surface area contributed by atoms with E-state index in [4.69, 9.17) is 0 Å². The van der Waals surface area contributed by atoms with Crippen LogP contribution in [0.3, 0.4) is 0 Å². The summed E-state index contributed by atoms with van der Waals surface area (Å²) in [4.78, 5) is 18.8. The van der Waals surface area contributed by atoms with E-state index in [0.29, 0.717) is 11.4 Å². The molecule has 1 aliphatic heterocycles. The molecule has 2 heterocycles. The lowest BCUT2D eigenvalue weighted by Crippen LogP contribution is -2.42. The number of hydrogen-bond acceptors (Lipinski definition) is 3. The quantitative estimate of drug-likeness (QED) is 0.690. The van der Waals surface area contributed by atoms with Crippen molar-refractivity contribution in [2.45, 2.75) is 51.0 Å². The summed E-state index contributed by atoms with van der Waals surface area (Å²) in [6.07, 6.45) is 6.16. The van der Waals surface area contributed by atoms with E-state index in [9.17, 15) is 4.79 Å². The van der Waals surface area contributed by atoms with Gasteiger partial charge in [-0.2, -0.15) is 0 Å². The molecule has 0 saturated carbocycles. The predicted molar refractivity (Wildman–Crippen MR) is 121 cm³/mol. The normalized spacial score (nSPS) is 18.0. The number of fused-ring (bicyclic) bond motifs is 3. The van der Waals surface area contributed by atoms with Gasteiger partial charge in [-0.05, 0) is 80.4 Å². The maximum atomic E-state index is 11.6. The van der Waals surface area contributed by atoms with Gasteiger partial charge >= 0.3 is 0 Å². The standard InChI is InChI=1S/C25H30N4O/c1-19(30)26-24-27-22-9-4-5-10-23(22)29(24)16-6-15-28-17-13-25(14-18-28)12-11-20-7-2-3-8-21(20)25/h2-5,7-10H,6,11-18H2,1H3,(H,26,27,30). The highest BCUT2D eigenvalue weighted by atomic mass is 16.1. The number of carbonyl (C=O) groups is 1. The Morgan fingerprint density at radius 1 is 1.03 bits per heavy atom. The van der Waals surface area contributed by atoms with E-state index in [1.54, 1.807) is 11.1 Å². The third kappa shape index (κ3) is 3.52. The lowest BCUT2D eigenvalue weighted by molar-refractivity contribution is -0.114. The lowest BCUT2D eigenvalue weighted by atomic mass is 9.74. The number of benzene rings is 2. The van der Waals surface area contributed by atoms with E-state index in [1.165, 1.54) is 45.7 Å². The van der Waals surface area contributed by atoms with Crippen LogP contribution < -0.4 is 5.32 Å². The van der Waals surface area contributed by atoms with Gasteiger partial charge in [0, 0.05) is 13.5 Å². The molecule has 0 atom stereocenters. The zero-order chi connectivity index (χ0) is 20.6. The minimum Gasteiger partial charge on any atom is -0.310 e. The third-order valence-electron chi connectivity index (χ3n) is 7.07. The summed E-state index contributed by atoms with van der Waals surface area (Å²) < 4.78 is 2.15. The second-order valence-corrected chi connectivity index (χ2v) is 8.89. The molecule has 5 nitrogen and oxygen atoms in total. The van der Waals surface area contributed by atoms with Gasteiger partial charge in [-0.15, -0.1) is 0 Å². The Labute approximate surface area is 178 Å². The number of likely N-dealkylation sites (tertiary alicyclic amines) is 1. The number of piperidine rings is 1. The summed E-state index contributed by atoms with van der Waals surface area (Å²) in [6.45, 7) is 5.84. The third-order valence-corrected chi connectivity index (χ3v) is 7.07. The fourth-order valence-electron chi connectivity index (χ4n) is 5.50.